The molecule has 0 unspecified atom stereocenters. The Morgan fingerprint density at radius 3 is 2.60 bits per heavy atom. The number of nitriles is 1. The summed E-state index contributed by atoms with van der Waals surface area (Å²) < 4.78 is 44.2. The van der Waals surface area contributed by atoms with E-state index in [0.29, 0.717) is 5.76 Å². The van der Waals surface area contributed by atoms with E-state index in [1.54, 1.807) is 6.07 Å². The highest BCUT2D eigenvalue weighted by molar-refractivity contribution is 9.10. The molecule has 0 fully saturated rings. The minimum atomic E-state index is -4.56. The van der Waals surface area contributed by atoms with Crippen molar-refractivity contribution in [2.45, 2.75) is 12.7 Å². The van der Waals surface area contributed by atoms with Crippen LogP contribution in [0.2, 0.25) is 0 Å². The summed E-state index contributed by atoms with van der Waals surface area (Å²) in [6.07, 6.45) is -3.09. The lowest BCUT2D eigenvalue weighted by atomic mass is 10.1. The minimum Gasteiger partial charge on any atom is -0.466 e. The topological polar surface area (TPSA) is 49.0 Å². The molecule has 1 aromatic heterocycles. The van der Waals surface area contributed by atoms with Crippen molar-refractivity contribution in [3.8, 4) is 6.07 Å². The molecule has 0 aliphatic rings. The first kappa shape index (κ1) is 14.5. The molecule has 1 aromatic carbocycles. The zero-order chi connectivity index (χ0) is 14.8. The first-order valence-corrected chi connectivity index (χ1v) is 6.28. The van der Waals surface area contributed by atoms with Crippen molar-refractivity contribution in [1.29, 1.82) is 5.26 Å². The smallest absolute Gasteiger partial charge is 0.417 e. The molecule has 0 atom stereocenters. The summed E-state index contributed by atoms with van der Waals surface area (Å²) >= 11 is 3.25. The SMILES string of the molecule is N#Cc1ccc(NCc2occc2Br)cc1C(F)(F)F. The maximum absolute atomic E-state index is 12.8. The lowest BCUT2D eigenvalue weighted by molar-refractivity contribution is -0.137. The number of alkyl halides is 3. The van der Waals surface area contributed by atoms with Crippen molar-refractivity contribution >= 4 is 21.6 Å². The lowest BCUT2D eigenvalue weighted by Gasteiger charge is -2.11. The van der Waals surface area contributed by atoms with E-state index in [1.165, 1.54) is 18.4 Å². The van der Waals surface area contributed by atoms with Gasteiger partial charge in [-0.2, -0.15) is 18.4 Å². The van der Waals surface area contributed by atoms with Crippen LogP contribution in [0.4, 0.5) is 18.9 Å². The fourth-order valence-electron chi connectivity index (χ4n) is 1.62. The van der Waals surface area contributed by atoms with Crippen molar-refractivity contribution in [3.63, 3.8) is 0 Å². The molecule has 0 aliphatic heterocycles. The van der Waals surface area contributed by atoms with E-state index in [4.69, 9.17) is 9.68 Å². The van der Waals surface area contributed by atoms with E-state index in [1.807, 2.05) is 0 Å². The van der Waals surface area contributed by atoms with Gasteiger partial charge in [0.2, 0.25) is 0 Å². The molecule has 0 saturated carbocycles. The monoisotopic (exact) mass is 344 g/mol. The molecule has 0 saturated heterocycles. The summed E-state index contributed by atoms with van der Waals surface area (Å²) in [5, 5.41) is 11.5. The summed E-state index contributed by atoms with van der Waals surface area (Å²) in [4.78, 5) is 0. The fourth-order valence-corrected chi connectivity index (χ4v) is 1.96. The Morgan fingerprint density at radius 2 is 2.05 bits per heavy atom. The molecule has 1 heterocycles. The molecule has 0 aliphatic carbocycles. The maximum atomic E-state index is 12.8. The van der Waals surface area contributed by atoms with E-state index >= 15 is 0 Å². The average molecular weight is 345 g/mol. The number of anilines is 1. The number of rotatable bonds is 3. The average Bonchev–Trinajstić information content (AvgIpc) is 2.80. The largest absolute Gasteiger partial charge is 0.466 e. The first-order chi connectivity index (χ1) is 9.41. The molecule has 20 heavy (non-hydrogen) atoms. The highest BCUT2D eigenvalue weighted by Crippen LogP contribution is 2.33. The molecule has 3 nitrogen and oxygen atoms in total. The summed E-state index contributed by atoms with van der Waals surface area (Å²) in [5.41, 5.74) is -1.09. The molecule has 7 heteroatoms. The standard InChI is InChI=1S/C13H8BrF3N2O/c14-11-3-4-20-12(11)7-19-9-2-1-8(6-18)10(5-9)13(15,16)17/h1-5,19H,7H2. The summed E-state index contributed by atoms with van der Waals surface area (Å²) in [6.45, 7) is 0.233. The summed E-state index contributed by atoms with van der Waals surface area (Å²) in [6, 6.07) is 6.70. The summed E-state index contributed by atoms with van der Waals surface area (Å²) in [7, 11) is 0. The Balaban J connectivity index is 2.22. The van der Waals surface area contributed by atoms with Gasteiger partial charge in [0, 0.05) is 5.69 Å². The maximum Gasteiger partial charge on any atom is 0.417 e. The second-order valence-electron chi connectivity index (χ2n) is 3.92. The molecule has 0 amide bonds. The summed E-state index contributed by atoms with van der Waals surface area (Å²) in [5.74, 6) is 0.572. The molecule has 0 bridgehead atoms. The number of nitrogens with one attached hydrogen (secondary N) is 1. The zero-order valence-electron chi connectivity index (χ0n) is 9.96. The normalized spacial score (nSPS) is 11.2. The highest BCUT2D eigenvalue weighted by Gasteiger charge is 2.33. The van der Waals surface area contributed by atoms with Crippen LogP contribution in [-0.4, -0.2) is 0 Å². The van der Waals surface area contributed by atoms with Crippen LogP contribution in [0.25, 0.3) is 0 Å². The third-order valence-electron chi connectivity index (χ3n) is 2.59. The van der Waals surface area contributed by atoms with Gasteiger partial charge in [-0.25, -0.2) is 0 Å². The van der Waals surface area contributed by atoms with Gasteiger partial charge in [0.05, 0.1) is 34.5 Å². The molecular weight excluding hydrogens is 337 g/mol. The number of benzene rings is 1. The molecule has 0 spiro atoms. The third kappa shape index (κ3) is 3.14. The van der Waals surface area contributed by atoms with Crippen molar-refractivity contribution in [2.75, 3.05) is 5.32 Å². The van der Waals surface area contributed by atoms with Gasteiger partial charge < -0.3 is 9.73 Å². The molecule has 1 N–H and O–H groups in total. The van der Waals surface area contributed by atoms with Crippen LogP contribution in [0.3, 0.4) is 0 Å². The molecular formula is C13H8BrF3N2O. The Bertz CT molecular complexity index is 658. The van der Waals surface area contributed by atoms with Crippen LogP contribution in [0.1, 0.15) is 16.9 Å². The van der Waals surface area contributed by atoms with Crippen molar-refractivity contribution < 1.29 is 17.6 Å². The van der Waals surface area contributed by atoms with E-state index in [9.17, 15) is 13.2 Å². The van der Waals surface area contributed by atoms with Gasteiger partial charge in [0.1, 0.15) is 5.76 Å². The first-order valence-electron chi connectivity index (χ1n) is 5.49. The van der Waals surface area contributed by atoms with E-state index in [0.717, 1.165) is 16.6 Å². The van der Waals surface area contributed by atoms with Crippen LogP contribution in [0.15, 0.2) is 39.4 Å². The van der Waals surface area contributed by atoms with Crippen LogP contribution in [-0.2, 0) is 12.7 Å². The Kier molecular flexibility index (Phi) is 4.04. The number of nitrogens with zero attached hydrogens (tertiary/aromatic N) is 1. The number of halogens is 4. The van der Waals surface area contributed by atoms with Crippen molar-refractivity contribution in [3.05, 3.63) is 51.9 Å². The minimum absolute atomic E-state index is 0.233. The number of furan rings is 1. The molecule has 2 aromatic rings. The quantitative estimate of drug-likeness (QED) is 0.888. The molecule has 0 radical (unpaired) electrons. The molecule has 2 rings (SSSR count). The lowest BCUT2D eigenvalue weighted by Crippen LogP contribution is -2.09. The van der Waals surface area contributed by atoms with Crippen LogP contribution < -0.4 is 5.32 Å². The van der Waals surface area contributed by atoms with Gasteiger partial charge in [-0.1, -0.05) is 0 Å². The second-order valence-corrected chi connectivity index (χ2v) is 4.77. The fraction of sp³-hybridized carbons (Fsp3) is 0.154. The van der Waals surface area contributed by atoms with Crippen molar-refractivity contribution in [1.82, 2.24) is 0 Å². The second kappa shape index (κ2) is 5.59. The van der Waals surface area contributed by atoms with Gasteiger partial charge in [-0.3, -0.25) is 0 Å². The van der Waals surface area contributed by atoms with E-state index < -0.39 is 17.3 Å². The van der Waals surface area contributed by atoms with Crippen LogP contribution >= 0.6 is 15.9 Å². The Labute approximate surface area is 121 Å². The van der Waals surface area contributed by atoms with Crippen molar-refractivity contribution in [2.24, 2.45) is 0 Å². The van der Waals surface area contributed by atoms with Gasteiger partial charge in [-0.05, 0) is 40.2 Å². The van der Waals surface area contributed by atoms with E-state index in [2.05, 4.69) is 21.2 Å². The molecule has 104 valence electrons. The predicted octanol–water partition coefficient (Wildman–Crippen LogP) is 4.54. The Hall–Kier alpha value is -1.94. The van der Waals surface area contributed by atoms with E-state index in [-0.39, 0.29) is 12.2 Å². The number of hydrogen-bond acceptors (Lipinski definition) is 3. The zero-order valence-corrected chi connectivity index (χ0v) is 11.5. The number of hydrogen-bond donors (Lipinski definition) is 1. The van der Waals surface area contributed by atoms with Crippen LogP contribution in [0.5, 0.6) is 0 Å². The van der Waals surface area contributed by atoms with Crippen LogP contribution in [0, 0.1) is 11.3 Å². The Morgan fingerprint density at radius 1 is 1.30 bits per heavy atom. The van der Waals surface area contributed by atoms with Gasteiger partial charge in [-0.15, -0.1) is 0 Å². The third-order valence-corrected chi connectivity index (χ3v) is 3.30. The van der Waals surface area contributed by atoms with Gasteiger partial charge in [0.25, 0.3) is 0 Å². The van der Waals surface area contributed by atoms with Gasteiger partial charge >= 0.3 is 6.18 Å². The predicted molar refractivity (Wildman–Crippen MR) is 69.9 cm³/mol. The highest BCUT2D eigenvalue weighted by atomic mass is 79.9. The van der Waals surface area contributed by atoms with Gasteiger partial charge in [0.15, 0.2) is 0 Å².